The van der Waals surface area contributed by atoms with E-state index in [1.165, 1.54) is 18.2 Å². The van der Waals surface area contributed by atoms with Crippen LogP contribution in [0.1, 0.15) is 42.5 Å². The molecule has 21 heavy (non-hydrogen) atoms. The van der Waals surface area contributed by atoms with Gasteiger partial charge in [0.25, 0.3) is 5.69 Å². The van der Waals surface area contributed by atoms with Crippen molar-refractivity contribution in [3.8, 4) is 0 Å². The molecule has 1 saturated carbocycles. The Morgan fingerprint density at radius 2 is 2.05 bits per heavy atom. The van der Waals surface area contributed by atoms with E-state index in [-0.39, 0.29) is 17.9 Å². The Morgan fingerprint density at radius 3 is 2.57 bits per heavy atom. The summed E-state index contributed by atoms with van der Waals surface area (Å²) in [5.74, 6) is -0.709. The molecule has 0 unspecified atom stereocenters. The van der Waals surface area contributed by atoms with Crippen molar-refractivity contribution in [2.24, 2.45) is 5.73 Å². The van der Waals surface area contributed by atoms with Crippen LogP contribution in [0.25, 0.3) is 0 Å². The zero-order chi connectivity index (χ0) is 15.5. The van der Waals surface area contributed by atoms with Gasteiger partial charge in [-0.25, -0.2) is 0 Å². The third-order valence-corrected chi connectivity index (χ3v) is 3.99. The molecular weight excluding hydrogens is 274 g/mol. The Balaban J connectivity index is 2.34. The highest BCUT2D eigenvalue weighted by Crippen LogP contribution is 2.35. The summed E-state index contributed by atoms with van der Waals surface area (Å²) >= 11 is 0. The van der Waals surface area contributed by atoms with Gasteiger partial charge in [-0.3, -0.25) is 14.9 Å². The number of nitrogens with zero attached hydrogens (tertiary/aromatic N) is 1. The van der Waals surface area contributed by atoms with Crippen LogP contribution < -0.4 is 11.1 Å². The minimum atomic E-state index is -0.709. The molecule has 1 amide bonds. The number of benzene rings is 1. The number of carbonyl (C=O) groups is 1. The predicted molar refractivity (Wildman–Crippen MR) is 78.1 cm³/mol. The van der Waals surface area contributed by atoms with Crippen molar-refractivity contribution in [1.29, 1.82) is 0 Å². The van der Waals surface area contributed by atoms with E-state index < -0.39 is 16.4 Å². The summed E-state index contributed by atoms with van der Waals surface area (Å²) in [6, 6.07) is 4.09. The molecule has 0 heterocycles. The van der Waals surface area contributed by atoms with Crippen LogP contribution in [-0.2, 0) is 0 Å². The monoisotopic (exact) mass is 293 g/mol. The second kappa shape index (κ2) is 6.09. The molecule has 1 fully saturated rings. The van der Waals surface area contributed by atoms with Crippen molar-refractivity contribution in [2.45, 2.75) is 37.6 Å². The normalized spacial score (nSPS) is 17.2. The maximum atomic E-state index is 11.2. The first-order valence-corrected chi connectivity index (χ1v) is 6.95. The highest BCUT2D eigenvalue weighted by Gasteiger charge is 2.33. The van der Waals surface area contributed by atoms with Gasteiger partial charge in [0.1, 0.15) is 5.69 Å². The number of nitro benzene ring substituents is 1. The van der Waals surface area contributed by atoms with E-state index in [2.05, 4.69) is 5.32 Å². The van der Waals surface area contributed by atoms with Crippen LogP contribution in [0.5, 0.6) is 0 Å². The van der Waals surface area contributed by atoms with E-state index in [0.29, 0.717) is 5.69 Å². The Kier molecular flexibility index (Phi) is 4.42. The van der Waals surface area contributed by atoms with E-state index in [1.54, 1.807) is 0 Å². The second-order valence-corrected chi connectivity index (χ2v) is 5.48. The average molecular weight is 293 g/mol. The third kappa shape index (κ3) is 3.30. The van der Waals surface area contributed by atoms with Crippen LogP contribution in [0.4, 0.5) is 11.4 Å². The van der Waals surface area contributed by atoms with Gasteiger partial charge in [-0.1, -0.05) is 19.3 Å². The van der Waals surface area contributed by atoms with E-state index >= 15 is 0 Å². The Morgan fingerprint density at radius 1 is 1.38 bits per heavy atom. The molecular formula is C14H19N3O4. The van der Waals surface area contributed by atoms with Crippen molar-refractivity contribution in [1.82, 2.24) is 0 Å². The molecule has 0 aromatic heterocycles. The van der Waals surface area contributed by atoms with Crippen LogP contribution in [-0.4, -0.2) is 28.1 Å². The molecule has 114 valence electrons. The molecule has 1 aromatic carbocycles. The number of amides is 1. The number of hydrogen-bond acceptors (Lipinski definition) is 5. The van der Waals surface area contributed by atoms with E-state index in [1.807, 2.05) is 0 Å². The Labute approximate surface area is 122 Å². The van der Waals surface area contributed by atoms with Crippen molar-refractivity contribution in [3.63, 3.8) is 0 Å². The largest absolute Gasteiger partial charge is 0.394 e. The number of carbonyl (C=O) groups excluding carboxylic acids is 1. The number of aliphatic hydroxyl groups is 1. The Bertz CT molecular complexity index is 553. The summed E-state index contributed by atoms with van der Waals surface area (Å²) in [4.78, 5) is 21.8. The first-order valence-electron chi connectivity index (χ1n) is 6.95. The van der Waals surface area contributed by atoms with Gasteiger partial charge in [-0.2, -0.15) is 0 Å². The van der Waals surface area contributed by atoms with Crippen molar-refractivity contribution in [3.05, 3.63) is 33.9 Å². The molecule has 7 heteroatoms. The molecule has 7 nitrogen and oxygen atoms in total. The molecule has 0 spiro atoms. The van der Waals surface area contributed by atoms with Crippen LogP contribution in [0.3, 0.4) is 0 Å². The maximum Gasteiger partial charge on any atom is 0.293 e. The zero-order valence-corrected chi connectivity index (χ0v) is 11.7. The minimum Gasteiger partial charge on any atom is -0.394 e. The third-order valence-electron chi connectivity index (χ3n) is 3.99. The lowest BCUT2D eigenvalue weighted by Crippen LogP contribution is -2.44. The summed E-state index contributed by atoms with van der Waals surface area (Å²) < 4.78 is 0. The molecule has 1 aliphatic carbocycles. The summed E-state index contributed by atoms with van der Waals surface area (Å²) in [7, 11) is 0. The fourth-order valence-corrected chi connectivity index (χ4v) is 2.78. The number of rotatable bonds is 5. The summed E-state index contributed by atoms with van der Waals surface area (Å²) in [6.07, 6.45) is 4.57. The molecule has 1 aromatic rings. The molecule has 2 rings (SSSR count). The SMILES string of the molecule is NC(=O)c1ccc(NC2(CO)CCCCC2)c([N+](=O)[O-])c1. The van der Waals surface area contributed by atoms with E-state index in [4.69, 9.17) is 5.73 Å². The first kappa shape index (κ1) is 15.2. The van der Waals surface area contributed by atoms with Crippen LogP contribution >= 0.6 is 0 Å². The molecule has 1 aliphatic rings. The summed E-state index contributed by atoms with van der Waals surface area (Å²) in [5, 5.41) is 24.0. The van der Waals surface area contributed by atoms with Crippen LogP contribution in [0.15, 0.2) is 18.2 Å². The number of primary amides is 1. The molecule has 4 N–H and O–H groups in total. The predicted octanol–water partition coefficient (Wildman–Crippen LogP) is 1.80. The highest BCUT2D eigenvalue weighted by molar-refractivity contribution is 5.94. The van der Waals surface area contributed by atoms with Gasteiger partial charge in [0.2, 0.25) is 5.91 Å². The molecule has 0 radical (unpaired) electrons. The highest BCUT2D eigenvalue weighted by atomic mass is 16.6. The lowest BCUT2D eigenvalue weighted by molar-refractivity contribution is -0.384. The second-order valence-electron chi connectivity index (χ2n) is 5.48. The lowest BCUT2D eigenvalue weighted by Gasteiger charge is -2.37. The first-order chi connectivity index (χ1) is 9.97. The van der Waals surface area contributed by atoms with Crippen molar-refractivity contribution < 1.29 is 14.8 Å². The number of aliphatic hydroxyl groups excluding tert-OH is 1. The fourth-order valence-electron chi connectivity index (χ4n) is 2.78. The van der Waals surface area contributed by atoms with Crippen LogP contribution in [0, 0.1) is 10.1 Å². The number of hydrogen-bond donors (Lipinski definition) is 3. The molecule has 0 bridgehead atoms. The number of anilines is 1. The van der Waals surface area contributed by atoms with E-state index in [9.17, 15) is 20.0 Å². The summed E-state index contributed by atoms with van der Waals surface area (Å²) in [6.45, 7) is -0.0816. The topological polar surface area (TPSA) is 118 Å². The Hall–Kier alpha value is -2.15. The number of nitro groups is 1. The van der Waals surface area contributed by atoms with Gasteiger partial charge in [0.05, 0.1) is 17.1 Å². The van der Waals surface area contributed by atoms with Crippen molar-refractivity contribution in [2.75, 3.05) is 11.9 Å². The molecule has 0 atom stereocenters. The van der Waals surface area contributed by atoms with Gasteiger partial charge < -0.3 is 16.2 Å². The smallest absolute Gasteiger partial charge is 0.293 e. The van der Waals surface area contributed by atoms with E-state index in [0.717, 1.165) is 32.1 Å². The minimum absolute atomic E-state index is 0.0816. The molecule has 0 aliphatic heterocycles. The van der Waals surface area contributed by atoms with Gasteiger partial charge in [-0.05, 0) is 25.0 Å². The quantitative estimate of drug-likeness (QED) is 0.565. The van der Waals surface area contributed by atoms with Crippen molar-refractivity contribution >= 4 is 17.3 Å². The van der Waals surface area contributed by atoms with Gasteiger partial charge >= 0.3 is 0 Å². The van der Waals surface area contributed by atoms with Gasteiger partial charge in [0.15, 0.2) is 0 Å². The molecule has 0 saturated heterocycles. The lowest BCUT2D eigenvalue weighted by atomic mass is 9.82. The zero-order valence-electron chi connectivity index (χ0n) is 11.7. The van der Waals surface area contributed by atoms with Gasteiger partial charge in [-0.15, -0.1) is 0 Å². The summed E-state index contributed by atoms with van der Waals surface area (Å²) in [5.41, 5.74) is 4.81. The standard InChI is InChI=1S/C14H19N3O4/c15-13(19)10-4-5-11(12(8-10)17(20)21)16-14(9-18)6-2-1-3-7-14/h4-5,8,16,18H,1-3,6-7,9H2,(H2,15,19). The fraction of sp³-hybridized carbons (Fsp3) is 0.500. The number of nitrogens with one attached hydrogen (secondary N) is 1. The number of nitrogens with two attached hydrogens (primary N) is 1. The average Bonchev–Trinajstić information content (AvgIpc) is 2.48. The maximum absolute atomic E-state index is 11.2. The van der Waals surface area contributed by atoms with Gasteiger partial charge in [0, 0.05) is 11.6 Å². The van der Waals surface area contributed by atoms with Crippen LogP contribution in [0.2, 0.25) is 0 Å².